The third kappa shape index (κ3) is 3.79. The summed E-state index contributed by atoms with van der Waals surface area (Å²) in [5.74, 6) is 6.39. The molecule has 1 saturated heterocycles. The van der Waals surface area contributed by atoms with E-state index in [1.807, 2.05) is 0 Å². The first kappa shape index (κ1) is 12.3. The van der Waals surface area contributed by atoms with Crippen LogP contribution in [0.4, 0.5) is 0 Å². The summed E-state index contributed by atoms with van der Waals surface area (Å²) in [6.07, 6.45) is 3.81. The van der Waals surface area contributed by atoms with E-state index in [0.29, 0.717) is 11.8 Å². The molecular weight excluding hydrogens is 199 g/mol. The summed E-state index contributed by atoms with van der Waals surface area (Å²) in [6, 6.07) is 0. The highest BCUT2D eigenvalue weighted by atomic mass is 31.2. The Bertz CT molecular complexity index is 160. The van der Waals surface area contributed by atoms with Gasteiger partial charge in [0.25, 0.3) is 8.53 Å². The Labute approximate surface area is 87.5 Å². The van der Waals surface area contributed by atoms with Gasteiger partial charge in [0.05, 0.1) is 6.61 Å². The third-order valence-corrected chi connectivity index (χ3v) is 3.78. The molecule has 0 aromatic carbocycles. The fraction of sp³-hybridized carbons (Fsp3) is 1.00. The van der Waals surface area contributed by atoms with Gasteiger partial charge in [-0.3, -0.25) is 0 Å². The summed E-state index contributed by atoms with van der Waals surface area (Å²) < 4.78 is 10.2. The van der Waals surface area contributed by atoms with E-state index in [1.54, 1.807) is 0 Å². The van der Waals surface area contributed by atoms with Gasteiger partial charge in [-0.05, 0) is 18.3 Å². The Morgan fingerprint density at radius 2 is 2.43 bits per heavy atom. The Hall–Kier alpha value is 0.270. The molecule has 4 nitrogen and oxygen atoms in total. The fourth-order valence-electron chi connectivity index (χ4n) is 1.68. The van der Waals surface area contributed by atoms with Crippen molar-refractivity contribution in [3.63, 3.8) is 0 Å². The second-order valence-electron chi connectivity index (χ2n) is 3.90. The molecule has 1 rings (SSSR count). The standard InChI is InChI=1S/C9H21N2O2P/c1-3-4-5-9-6-11-14(13-10)12-7-8(9)2/h8-9,11H,3-7,10H2,1-2H3/t8-,9+,14?/m1/s1. The molecule has 0 amide bonds. The van der Waals surface area contributed by atoms with Crippen LogP contribution in [0, 0.1) is 11.8 Å². The molecule has 0 aliphatic carbocycles. The van der Waals surface area contributed by atoms with E-state index >= 15 is 0 Å². The molecule has 14 heavy (non-hydrogen) atoms. The predicted octanol–water partition coefficient (Wildman–Crippen LogP) is 2.17. The van der Waals surface area contributed by atoms with Crippen LogP contribution < -0.4 is 11.0 Å². The van der Waals surface area contributed by atoms with E-state index in [-0.39, 0.29) is 0 Å². The van der Waals surface area contributed by atoms with E-state index < -0.39 is 8.53 Å². The minimum atomic E-state index is -1.04. The monoisotopic (exact) mass is 220 g/mol. The van der Waals surface area contributed by atoms with E-state index in [9.17, 15) is 0 Å². The highest BCUT2D eigenvalue weighted by molar-refractivity contribution is 7.44. The molecule has 1 aliphatic rings. The first-order chi connectivity index (χ1) is 6.77. The van der Waals surface area contributed by atoms with Crippen LogP contribution >= 0.6 is 8.53 Å². The minimum Gasteiger partial charge on any atom is -0.321 e. The molecule has 1 aliphatic heterocycles. The average Bonchev–Trinajstić information content (AvgIpc) is 2.38. The predicted molar refractivity (Wildman–Crippen MR) is 58.3 cm³/mol. The molecule has 0 aromatic heterocycles. The Morgan fingerprint density at radius 1 is 1.64 bits per heavy atom. The van der Waals surface area contributed by atoms with Crippen LogP contribution in [0.5, 0.6) is 0 Å². The van der Waals surface area contributed by atoms with Crippen LogP contribution in [-0.4, -0.2) is 13.2 Å². The molecule has 84 valence electrons. The zero-order chi connectivity index (χ0) is 10.4. The van der Waals surface area contributed by atoms with E-state index in [0.717, 1.165) is 13.2 Å². The molecule has 1 heterocycles. The summed E-state index contributed by atoms with van der Waals surface area (Å²) >= 11 is 0. The molecule has 3 N–H and O–H groups in total. The van der Waals surface area contributed by atoms with Crippen LogP contribution in [0.3, 0.4) is 0 Å². The average molecular weight is 220 g/mol. The molecule has 1 unspecified atom stereocenters. The molecule has 0 bridgehead atoms. The number of rotatable bonds is 4. The summed E-state index contributed by atoms with van der Waals surface area (Å²) in [5.41, 5.74) is 0. The second kappa shape index (κ2) is 6.70. The smallest absolute Gasteiger partial charge is 0.273 e. The van der Waals surface area contributed by atoms with Gasteiger partial charge in [-0.1, -0.05) is 26.7 Å². The lowest BCUT2D eigenvalue weighted by molar-refractivity contribution is 0.203. The van der Waals surface area contributed by atoms with Gasteiger partial charge in [0.15, 0.2) is 0 Å². The van der Waals surface area contributed by atoms with Crippen molar-refractivity contribution < 1.29 is 9.15 Å². The zero-order valence-corrected chi connectivity index (χ0v) is 9.93. The Balaban J connectivity index is 2.35. The van der Waals surface area contributed by atoms with Crippen molar-refractivity contribution >= 4 is 8.53 Å². The van der Waals surface area contributed by atoms with Gasteiger partial charge in [0.2, 0.25) is 0 Å². The highest BCUT2D eigenvalue weighted by Crippen LogP contribution is 2.36. The maximum atomic E-state index is 5.48. The number of hydrogen-bond acceptors (Lipinski definition) is 4. The van der Waals surface area contributed by atoms with Crippen LogP contribution in [0.25, 0.3) is 0 Å². The molecule has 1 fully saturated rings. The SMILES string of the molecule is CCCC[C@H]1CNP(ON)OC[C@H]1C. The summed E-state index contributed by atoms with van der Waals surface area (Å²) in [6.45, 7) is 6.17. The van der Waals surface area contributed by atoms with Crippen LogP contribution in [0.2, 0.25) is 0 Å². The fourth-order valence-corrected chi connectivity index (χ4v) is 2.66. The number of unbranched alkanes of at least 4 members (excludes halogenated alkanes) is 1. The van der Waals surface area contributed by atoms with Crippen LogP contribution in [0.1, 0.15) is 33.1 Å². The first-order valence-corrected chi connectivity index (χ1v) is 6.49. The molecule has 0 radical (unpaired) electrons. The van der Waals surface area contributed by atoms with Crippen molar-refractivity contribution in [2.24, 2.45) is 17.7 Å². The summed E-state index contributed by atoms with van der Waals surface area (Å²) in [4.78, 5) is 0. The van der Waals surface area contributed by atoms with Crippen molar-refractivity contribution in [3.05, 3.63) is 0 Å². The van der Waals surface area contributed by atoms with Gasteiger partial charge in [-0.15, -0.1) is 0 Å². The van der Waals surface area contributed by atoms with Crippen molar-refractivity contribution in [3.8, 4) is 0 Å². The second-order valence-corrected chi connectivity index (χ2v) is 5.20. The van der Waals surface area contributed by atoms with Crippen LogP contribution in [0.15, 0.2) is 0 Å². The lowest BCUT2D eigenvalue weighted by Crippen LogP contribution is -2.22. The van der Waals surface area contributed by atoms with Crippen molar-refractivity contribution in [2.45, 2.75) is 33.1 Å². The molecule has 3 atom stereocenters. The quantitative estimate of drug-likeness (QED) is 0.563. The van der Waals surface area contributed by atoms with Gasteiger partial charge >= 0.3 is 0 Å². The maximum Gasteiger partial charge on any atom is 0.273 e. The largest absolute Gasteiger partial charge is 0.321 e. The molecule has 5 heteroatoms. The molecule has 0 saturated carbocycles. The van der Waals surface area contributed by atoms with E-state index in [2.05, 4.69) is 18.9 Å². The summed E-state index contributed by atoms with van der Waals surface area (Å²) in [7, 11) is -1.04. The minimum absolute atomic E-state index is 0.594. The lowest BCUT2D eigenvalue weighted by atomic mass is 9.90. The van der Waals surface area contributed by atoms with Crippen LogP contribution in [-0.2, 0) is 9.15 Å². The van der Waals surface area contributed by atoms with Gasteiger partial charge in [-0.2, -0.15) is 0 Å². The highest BCUT2D eigenvalue weighted by Gasteiger charge is 2.24. The normalized spacial score (nSPS) is 34.1. The number of hydrogen-bond donors (Lipinski definition) is 2. The number of nitrogens with one attached hydrogen (secondary N) is 1. The topological polar surface area (TPSA) is 56.5 Å². The summed E-state index contributed by atoms with van der Waals surface area (Å²) in [5, 5.41) is 3.22. The number of nitrogens with two attached hydrogens (primary N) is 1. The molecule has 0 spiro atoms. The van der Waals surface area contributed by atoms with Gasteiger partial charge in [0, 0.05) is 6.54 Å². The zero-order valence-electron chi connectivity index (χ0n) is 9.03. The van der Waals surface area contributed by atoms with E-state index in [4.69, 9.17) is 15.0 Å². The van der Waals surface area contributed by atoms with E-state index in [1.165, 1.54) is 19.3 Å². The lowest BCUT2D eigenvalue weighted by Gasteiger charge is -2.19. The Morgan fingerprint density at radius 3 is 3.07 bits per heavy atom. The van der Waals surface area contributed by atoms with Gasteiger partial charge in [0.1, 0.15) is 0 Å². The molecule has 0 aromatic rings. The maximum absolute atomic E-state index is 5.48. The Kier molecular flexibility index (Phi) is 5.90. The van der Waals surface area contributed by atoms with Gasteiger partial charge in [-0.25, -0.2) is 15.6 Å². The first-order valence-electron chi connectivity index (χ1n) is 5.31. The van der Waals surface area contributed by atoms with Crippen molar-refractivity contribution in [1.82, 2.24) is 5.09 Å². The third-order valence-electron chi connectivity index (χ3n) is 2.77. The van der Waals surface area contributed by atoms with Crippen molar-refractivity contribution in [1.29, 1.82) is 0 Å². The van der Waals surface area contributed by atoms with Crippen molar-refractivity contribution in [2.75, 3.05) is 13.2 Å². The van der Waals surface area contributed by atoms with Gasteiger partial charge < -0.3 is 4.52 Å². The molecular formula is C9H21N2O2P.